The van der Waals surface area contributed by atoms with Gasteiger partial charge in [0.05, 0.1) is 17.8 Å². The van der Waals surface area contributed by atoms with Crippen LogP contribution in [0.15, 0.2) is 47.4 Å². The molecule has 1 aromatic heterocycles. The molecular weight excluding hydrogens is 348 g/mol. The van der Waals surface area contributed by atoms with E-state index < -0.39 is 0 Å². The molecule has 6 heteroatoms. The van der Waals surface area contributed by atoms with Gasteiger partial charge in [0.25, 0.3) is 0 Å². The lowest BCUT2D eigenvalue weighted by Gasteiger charge is -2.34. The predicted octanol–water partition coefficient (Wildman–Crippen LogP) is 1.92. The number of amidine groups is 1. The highest BCUT2D eigenvalue weighted by atomic mass is 15.4. The number of fused-ring (bicyclic) bond motifs is 2. The van der Waals surface area contributed by atoms with Gasteiger partial charge in [-0.1, -0.05) is 12.1 Å². The second-order valence-corrected chi connectivity index (χ2v) is 8.53. The first-order valence-electron chi connectivity index (χ1n) is 10.6. The fraction of sp³-hybridized carbons (Fsp3) is 0.545. The molecule has 3 aliphatic heterocycles. The summed E-state index contributed by atoms with van der Waals surface area (Å²) in [6.07, 6.45) is 13.1. The van der Waals surface area contributed by atoms with Gasteiger partial charge in [-0.05, 0) is 56.5 Å². The quantitative estimate of drug-likeness (QED) is 0.867. The number of nitrogens with two attached hydrogens (primary N) is 1. The minimum absolute atomic E-state index is 0.288. The van der Waals surface area contributed by atoms with E-state index in [9.17, 15) is 0 Å². The van der Waals surface area contributed by atoms with Crippen molar-refractivity contribution in [2.75, 3.05) is 33.2 Å². The van der Waals surface area contributed by atoms with E-state index in [2.05, 4.69) is 52.1 Å². The Morgan fingerprint density at radius 1 is 1.29 bits per heavy atom. The number of hydrogen-bond acceptors (Lipinski definition) is 6. The minimum Gasteiger partial charge on any atom is -0.356 e. The standard InChI is InChI=1S/C22H30N6/c1-26(19-7-2-5-16-6-4-11-24-22(16)19)14-18-15-28-20(25-18)8-3-9-21(28)27-12-10-17(23)13-27/h3-4,6,8-9,11,17-19H,2,5,7,10,12-15,23H2,1H3/t17-,18?,19+/m1/s1. The van der Waals surface area contributed by atoms with Crippen molar-refractivity contribution in [2.24, 2.45) is 10.7 Å². The van der Waals surface area contributed by atoms with Crippen LogP contribution in [0.1, 0.15) is 36.6 Å². The molecule has 148 valence electrons. The molecular formula is C22H30N6. The molecule has 0 radical (unpaired) electrons. The largest absolute Gasteiger partial charge is 0.356 e. The summed E-state index contributed by atoms with van der Waals surface area (Å²) in [4.78, 5) is 17.0. The molecule has 0 bridgehead atoms. The Labute approximate surface area is 167 Å². The highest BCUT2D eigenvalue weighted by Gasteiger charge is 2.34. The number of likely N-dealkylation sites (tertiary alicyclic amines) is 1. The van der Waals surface area contributed by atoms with Crippen molar-refractivity contribution >= 4 is 5.84 Å². The van der Waals surface area contributed by atoms with Gasteiger partial charge in [-0.3, -0.25) is 14.9 Å². The first-order valence-corrected chi connectivity index (χ1v) is 10.6. The van der Waals surface area contributed by atoms with Crippen molar-refractivity contribution in [3.8, 4) is 0 Å². The Hall–Kier alpha value is -2.18. The Kier molecular flexibility index (Phi) is 4.69. The molecule has 1 aliphatic carbocycles. The van der Waals surface area contributed by atoms with Crippen LogP contribution in [0.4, 0.5) is 0 Å². The zero-order valence-electron chi connectivity index (χ0n) is 16.7. The number of allylic oxidation sites excluding steroid dienone is 2. The lowest BCUT2D eigenvalue weighted by Crippen LogP contribution is -2.41. The van der Waals surface area contributed by atoms with Crippen LogP contribution in [-0.2, 0) is 6.42 Å². The van der Waals surface area contributed by atoms with Crippen molar-refractivity contribution in [1.82, 2.24) is 19.7 Å². The third-order valence-electron chi connectivity index (χ3n) is 6.50. The van der Waals surface area contributed by atoms with Crippen LogP contribution in [0.2, 0.25) is 0 Å². The second kappa shape index (κ2) is 7.33. The number of nitrogens with zero attached hydrogens (tertiary/aromatic N) is 5. The van der Waals surface area contributed by atoms with E-state index in [0.29, 0.717) is 6.04 Å². The average Bonchev–Trinajstić information content (AvgIpc) is 3.32. The van der Waals surface area contributed by atoms with Gasteiger partial charge in [0.1, 0.15) is 11.7 Å². The number of rotatable bonds is 4. The van der Waals surface area contributed by atoms with E-state index in [1.807, 2.05) is 6.20 Å². The van der Waals surface area contributed by atoms with E-state index in [1.165, 1.54) is 29.9 Å². The van der Waals surface area contributed by atoms with Crippen LogP contribution in [0, 0.1) is 0 Å². The van der Waals surface area contributed by atoms with Gasteiger partial charge in [-0.15, -0.1) is 0 Å². The summed E-state index contributed by atoms with van der Waals surface area (Å²) >= 11 is 0. The maximum absolute atomic E-state index is 6.14. The number of hydrogen-bond donors (Lipinski definition) is 1. The summed E-state index contributed by atoms with van der Waals surface area (Å²) in [6, 6.07) is 5.28. The number of likely N-dealkylation sites (N-methyl/N-ethyl adjacent to an activating group) is 1. The molecule has 1 fully saturated rings. The van der Waals surface area contributed by atoms with Gasteiger partial charge >= 0.3 is 0 Å². The molecule has 6 nitrogen and oxygen atoms in total. The molecule has 28 heavy (non-hydrogen) atoms. The van der Waals surface area contributed by atoms with Gasteiger partial charge in [-0.2, -0.15) is 0 Å². The zero-order valence-corrected chi connectivity index (χ0v) is 16.7. The molecule has 1 unspecified atom stereocenters. The minimum atomic E-state index is 0.288. The van der Waals surface area contributed by atoms with Gasteiger partial charge in [-0.25, -0.2) is 0 Å². The van der Waals surface area contributed by atoms with Crippen LogP contribution in [0.5, 0.6) is 0 Å². The molecule has 5 rings (SSSR count). The SMILES string of the molecule is CN(CC1CN2C(N3CC[C@@H](N)C3)=CC=CC2=N1)[C@H]1CCCc2cccnc21. The van der Waals surface area contributed by atoms with Crippen molar-refractivity contribution < 1.29 is 0 Å². The van der Waals surface area contributed by atoms with E-state index >= 15 is 0 Å². The van der Waals surface area contributed by atoms with E-state index in [-0.39, 0.29) is 12.1 Å². The van der Waals surface area contributed by atoms with Gasteiger partial charge < -0.3 is 15.5 Å². The number of aryl methyl sites for hydroxylation is 1. The lowest BCUT2D eigenvalue weighted by atomic mass is 9.91. The van der Waals surface area contributed by atoms with Crippen LogP contribution in [0.3, 0.4) is 0 Å². The molecule has 1 saturated heterocycles. The van der Waals surface area contributed by atoms with Crippen molar-refractivity contribution in [3.63, 3.8) is 0 Å². The summed E-state index contributed by atoms with van der Waals surface area (Å²) in [6.45, 7) is 3.89. The summed E-state index contributed by atoms with van der Waals surface area (Å²) in [5.74, 6) is 2.36. The van der Waals surface area contributed by atoms with Crippen molar-refractivity contribution in [1.29, 1.82) is 0 Å². The third kappa shape index (κ3) is 3.25. The number of aromatic nitrogens is 1. The highest BCUT2D eigenvalue weighted by Crippen LogP contribution is 2.33. The van der Waals surface area contributed by atoms with E-state index in [0.717, 1.165) is 44.9 Å². The van der Waals surface area contributed by atoms with Gasteiger partial charge in [0.15, 0.2) is 0 Å². The van der Waals surface area contributed by atoms with E-state index in [4.69, 9.17) is 15.7 Å². The van der Waals surface area contributed by atoms with Crippen LogP contribution >= 0.6 is 0 Å². The van der Waals surface area contributed by atoms with Gasteiger partial charge in [0.2, 0.25) is 0 Å². The smallest absolute Gasteiger partial charge is 0.129 e. The molecule has 0 amide bonds. The molecule has 0 spiro atoms. The first-order chi connectivity index (χ1) is 13.7. The molecule has 2 N–H and O–H groups in total. The van der Waals surface area contributed by atoms with Crippen LogP contribution in [0.25, 0.3) is 0 Å². The Morgan fingerprint density at radius 3 is 3.07 bits per heavy atom. The topological polar surface area (TPSA) is 61.0 Å². The molecule has 0 saturated carbocycles. The van der Waals surface area contributed by atoms with E-state index in [1.54, 1.807) is 0 Å². The van der Waals surface area contributed by atoms with Crippen molar-refractivity contribution in [2.45, 2.75) is 43.8 Å². The lowest BCUT2D eigenvalue weighted by molar-refractivity contribution is 0.200. The van der Waals surface area contributed by atoms with Crippen LogP contribution < -0.4 is 5.73 Å². The monoisotopic (exact) mass is 378 g/mol. The molecule has 3 atom stereocenters. The maximum atomic E-state index is 6.14. The van der Waals surface area contributed by atoms with Gasteiger partial charge in [0, 0.05) is 38.4 Å². The maximum Gasteiger partial charge on any atom is 0.129 e. The average molecular weight is 379 g/mol. The second-order valence-electron chi connectivity index (χ2n) is 8.53. The molecule has 1 aromatic rings. The fourth-order valence-electron chi connectivity index (χ4n) is 5.10. The first kappa shape index (κ1) is 17.9. The third-order valence-corrected chi connectivity index (χ3v) is 6.50. The number of pyridine rings is 1. The zero-order chi connectivity index (χ0) is 19.1. The Morgan fingerprint density at radius 2 is 2.21 bits per heavy atom. The normalized spacial score (nSPS) is 29.0. The summed E-state index contributed by atoms with van der Waals surface area (Å²) in [5, 5.41) is 0. The Bertz CT molecular complexity index is 828. The summed E-state index contributed by atoms with van der Waals surface area (Å²) < 4.78 is 0. The molecule has 4 heterocycles. The highest BCUT2D eigenvalue weighted by molar-refractivity contribution is 5.96. The Balaban J connectivity index is 1.28. The summed E-state index contributed by atoms with van der Waals surface area (Å²) in [7, 11) is 2.23. The number of aliphatic imine (C=N–C) groups is 1. The predicted molar refractivity (Wildman–Crippen MR) is 112 cm³/mol. The molecule has 4 aliphatic rings. The molecule has 0 aromatic carbocycles. The summed E-state index contributed by atoms with van der Waals surface area (Å²) in [5.41, 5.74) is 8.82. The van der Waals surface area contributed by atoms with Crippen LogP contribution in [-0.4, -0.2) is 70.8 Å². The fourth-order valence-corrected chi connectivity index (χ4v) is 5.10. The van der Waals surface area contributed by atoms with Crippen molar-refractivity contribution in [3.05, 3.63) is 53.6 Å².